The van der Waals surface area contributed by atoms with Gasteiger partial charge in [-0.25, -0.2) is 0 Å². The molecule has 2 atom stereocenters. The van der Waals surface area contributed by atoms with Crippen LogP contribution in [0.25, 0.3) is 0 Å². The lowest BCUT2D eigenvalue weighted by Crippen LogP contribution is -2.47. The molecule has 2 aliphatic rings. The average molecular weight is 199 g/mol. The number of carbonyl (C=O) groups excluding carboxylic acids is 1. The Labute approximate surface area is 83.8 Å². The Bertz CT molecular complexity index is 251. The summed E-state index contributed by atoms with van der Waals surface area (Å²) in [5.41, 5.74) is 0.232. The van der Waals surface area contributed by atoms with Crippen LogP contribution < -0.4 is 5.32 Å². The first-order valence-electron chi connectivity index (χ1n) is 4.88. The van der Waals surface area contributed by atoms with E-state index in [1.807, 2.05) is 11.8 Å². The molecule has 1 amide bonds. The average Bonchev–Trinajstić information content (AvgIpc) is 2.39. The molecule has 3 heteroatoms. The van der Waals surface area contributed by atoms with Crippen molar-refractivity contribution < 1.29 is 4.79 Å². The van der Waals surface area contributed by atoms with Crippen LogP contribution in [0.5, 0.6) is 0 Å². The summed E-state index contributed by atoms with van der Waals surface area (Å²) < 4.78 is 0. The lowest BCUT2D eigenvalue weighted by Gasteiger charge is -2.36. The van der Waals surface area contributed by atoms with Crippen molar-refractivity contribution in [2.75, 3.05) is 5.75 Å². The van der Waals surface area contributed by atoms with Gasteiger partial charge in [0, 0.05) is 28.4 Å². The molecular formula is C10H17NOS. The van der Waals surface area contributed by atoms with Crippen LogP contribution in [0.4, 0.5) is 0 Å². The van der Waals surface area contributed by atoms with E-state index >= 15 is 0 Å². The third kappa shape index (κ3) is 1.28. The smallest absolute Gasteiger partial charge is 0.221 e. The van der Waals surface area contributed by atoms with E-state index in [0.29, 0.717) is 5.25 Å². The fourth-order valence-electron chi connectivity index (χ4n) is 2.58. The predicted molar refractivity (Wildman–Crippen MR) is 55.8 cm³/mol. The topological polar surface area (TPSA) is 29.1 Å². The summed E-state index contributed by atoms with van der Waals surface area (Å²) in [5.74, 6) is 1.37. The summed E-state index contributed by atoms with van der Waals surface area (Å²) in [6, 6.07) is 0. The summed E-state index contributed by atoms with van der Waals surface area (Å²) in [6.07, 6.45) is 1.92. The van der Waals surface area contributed by atoms with Crippen LogP contribution in [-0.4, -0.2) is 22.4 Å². The van der Waals surface area contributed by atoms with Crippen molar-refractivity contribution in [3.8, 4) is 0 Å². The Hall–Kier alpha value is -0.180. The molecule has 2 fully saturated rings. The maximum absolute atomic E-state index is 11.4. The number of amides is 1. The van der Waals surface area contributed by atoms with Gasteiger partial charge >= 0.3 is 0 Å². The van der Waals surface area contributed by atoms with Gasteiger partial charge in [-0.15, -0.1) is 0 Å². The molecule has 1 N–H and O–H groups in total. The first kappa shape index (κ1) is 9.38. The lowest BCUT2D eigenvalue weighted by molar-refractivity contribution is -0.119. The number of hydrogen-bond acceptors (Lipinski definition) is 2. The summed E-state index contributed by atoms with van der Waals surface area (Å²) >= 11 is 2.01. The van der Waals surface area contributed by atoms with Crippen LogP contribution in [0.15, 0.2) is 0 Å². The molecule has 0 saturated carbocycles. The van der Waals surface area contributed by atoms with Crippen molar-refractivity contribution in [1.29, 1.82) is 0 Å². The Kier molecular flexibility index (Phi) is 1.92. The highest BCUT2D eigenvalue weighted by Gasteiger charge is 2.55. The minimum absolute atomic E-state index is 0.00183. The Morgan fingerprint density at radius 3 is 2.62 bits per heavy atom. The van der Waals surface area contributed by atoms with Gasteiger partial charge in [0.15, 0.2) is 0 Å². The molecule has 0 bridgehead atoms. The summed E-state index contributed by atoms with van der Waals surface area (Å²) in [4.78, 5) is 11.4. The second-order valence-corrected chi connectivity index (χ2v) is 6.38. The van der Waals surface area contributed by atoms with Gasteiger partial charge in [0.05, 0.1) is 0 Å². The Balaban J connectivity index is 2.27. The van der Waals surface area contributed by atoms with E-state index in [-0.39, 0.29) is 16.9 Å². The fourth-order valence-corrected chi connectivity index (χ4v) is 4.20. The van der Waals surface area contributed by atoms with E-state index in [4.69, 9.17) is 0 Å². The van der Waals surface area contributed by atoms with Gasteiger partial charge in [-0.2, -0.15) is 11.8 Å². The Morgan fingerprint density at radius 1 is 1.54 bits per heavy atom. The van der Waals surface area contributed by atoms with E-state index in [9.17, 15) is 4.79 Å². The van der Waals surface area contributed by atoms with Crippen LogP contribution in [-0.2, 0) is 4.79 Å². The first-order chi connectivity index (χ1) is 5.95. The van der Waals surface area contributed by atoms with E-state index in [1.165, 1.54) is 6.42 Å². The molecule has 2 rings (SSSR count). The zero-order valence-corrected chi connectivity index (χ0v) is 9.33. The van der Waals surface area contributed by atoms with Crippen molar-refractivity contribution in [2.45, 2.75) is 44.4 Å². The van der Waals surface area contributed by atoms with Gasteiger partial charge in [0.2, 0.25) is 5.91 Å². The summed E-state index contributed by atoms with van der Waals surface area (Å²) in [6.45, 7) is 6.59. The number of thioether (sulfide) groups is 1. The monoisotopic (exact) mass is 199 g/mol. The van der Waals surface area contributed by atoms with Crippen molar-refractivity contribution in [1.82, 2.24) is 5.32 Å². The molecule has 2 aliphatic heterocycles. The molecule has 0 radical (unpaired) electrons. The van der Waals surface area contributed by atoms with Crippen LogP contribution in [0.3, 0.4) is 0 Å². The third-order valence-corrected chi connectivity index (χ3v) is 5.05. The third-order valence-electron chi connectivity index (χ3n) is 3.60. The largest absolute Gasteiger partial charge is 0.351 e. The van der Waals surface area contributed by atoms with Crippen molar-refractivity contribution in [3.63, 3.8) is 0 Å². The first-order valence-corrected chi connectivity index (χ1v) is 5.93. The van der Waals surface area contributed by atoms with Gasteiger partial charge in [0.25, 0.3) is 0 Å². The molecule has 0 aromatic heterocycles. The molecule has 0 aliphatic carbocycles. The molecular weight excluding hydrogens is 182 g/mol. The van der Waals surface area contributed by atoms with E-state index in [1.54, 1.807) is 0 Å². The Morgan fingerprint density at radius 2 is 2.23 bits per heavy atom. The minimum atomic E-state index is 0.00183. The van der Waals surface area contributed by atoms with Crippen LogP contribution in [0.2, 0.25) is 0 Å². The van der Waals surface area contributed by atoms with Crippen molar-refractivity contribution in [2.24, 2.45) is 5.41 Å². The molecule has 2 unspecified atom stereocenters. The standard InChI is InChI=1S/C10H17NOS/c1-7-4-10(6-13-7)5-8(12)11-9(10,2)3/h7H,4-6H2,1-3H3,(H,11,12). The summed E-state index contributed by atoms with van der Waals surface area (Å²) in [7, 11) is 0. The number of rotatable bonds is 0. The zero-order valence-electron chi connectivity index (χ0n) is 8.52. The number of hydrogen-bond donors (Lipinski definition) is 1. The van der Waals surface area contributed by atoms with E-state index in [2.05, 4.69) is 26.1 Å². The molecule has 0 aromatic rings. The van der Waals surface area contributed by atoms with Gasteiger partial charge in [0.1, 0.15) is 0 Å². The predicted octanol–water partition coefficient (Wildman–Crippen LogP) is 1.80. The van der Waals surface area contributed by atoms with Crippen LogP contribution in [0, 0.1) is 5.41 Å². The molecule has 1 spiro atoms. The molecule has 2 heterocycles. The molecule has 13 heavy (non-hydrogen) atoms. The fraction of sp³-hybridized carbons (Fsp3) is 0.900. The highest BCUT2D eigenvalue weighted by atomic mass is 32.2. The molecule has 2 nitrogen and oxygen atoms in total. The summed E-state index contributed by atoms with van der Waals surface area (Å²) in [5, 5.41) is 3.81. The highest BCUT2D eigenvalue weighted by molar-refractivity contribution is 8.00. The van der Waals surface area contributed by atoms with Crippen molar-refractivity contribution in [3.05, 3.63) is 0 Å². The maximum Gasteiger partial charge on any atom is 0.221 e. The SMILES string of the molecule is CC1CC2(CS1)CC(=O)NC2(C)C. The van der Waals surface area contributed by atoms with Gasteiger partial charge in [-0.1, -0.05) is 6.92 Å². The second-order valence-electron chi connectivity index (χ2n) is 4.96. The minimum Gasteiger partial charge on any atom is -0.351 e. The molecule has 74 valence electrons. The normalized spacial score (nSPS) is 42.7. The van der Waals surface area contributed by atoms with E-state index < -0.39 is 0 Å². The number of nitrogens with one attached hydrogen (secondary N) is 1. The van der Waals surface area contributed by atoms with Crippen molar-refractivity contribution >= 4 is 17.7 Å². The molecule has 0 aromatic carbocycles. The van der Waals surface area contributed by atoms with E-state index in [0.717, 1.165) is 12.2 Å². The second kappa shape index (κ2) is 2.66. The highest BCUT2D eigenvalue weighted by Crippen LogP contribution is 2.52. The van der Waals surface area contributed by atoms with Gasteiger partial charge < -0.3 is 5.32 Å². The maximum atomic E-state index is 11.4. The van der Waals surface area contributed by atoms with Crippen LogP contribution in [0.1, 0.15) is 33.6 Å². The quantitative estimate of drug-likeness (QED) is 0.644. The number of carbonyl (C=O) groups is 1. The zero-order chi connectivity index (χ0) is 9.69. The molecule has 2 saturated heterocycles. The van der Waals surface area contributed by atoms with Gasteiger partial charge in [-0.05, 0) is 20.3 Å². The van der Waals surface area contributed by atoms with Crippen LogP contribution >= 0.6 is 11.8 Å². The van der Waals surface area contributed by atoms with Gasteiger partial charge in [-0.3, -0.25) is 4.79 Å². The lowest BCUT2D eigenvalue weighted by atomic mass is 9.71.